The van der Waals surface area contributed by atoms with Crippen LogP contribution in [0.25, 0.3) is 21.8 Å². The molecule has 0 unspecified atom stereocenters. The van der Waals surface area contributed by atoms with E-state index in [4.69, 9.17) is 0 Å². The van der Waals surface area contributed by atoms with Gasteiger partial charge in [-0.1, -0.05) is 43.3 Å². The number of carbonyl (C=O) groups excluding carboxylic acids is 2. The van der Waals surface area contributed by atoms with E-state index in [-0.39, 0.29) is 23.8 Å². The number of carbonyl (C=O) groups is 2. The van der Waals surface area contributed by atoms with Crippen molar-refractivity contribution in [2.24, 2.45) is 11.8 Å². The third kappa shape index (κ3) is 7.36. The maximum absolute atomic E-state index is 13.6. The van der Waals surface area contributed by atoms with E-state index in [2.05, 4.69) is 105 Å². The molecule has 53 heavy (non-hydrogen) atoms. The molecule has 0 bridgehead atoms. The lowest BCUT2D eigenvalue weighted by Crippen LogP contribution is -2.55. The molecule has 2 fully saturated rings. The van der Waals surface area contributed by atoms with Crippen LogP contribution in [-0.4, -0.2) is 113 Å². The van der Waals surface area contributed by atoms with E-state index < -0.39 is 0 Å². The summed E-state index contributed by atoms with van der Waals surface area (Å²) in [6.07, 6.45) is 13.4. The molecule has 2 aliphatic heterocycles. The average Bonchev–Trinajstić information content (AvgIpc) is 3.77. The molecule has 282 valence electrons. The molecule has 9 nitrogen and oxygen atoms in total. The molecule has 2 saturated heterocycles. The first-order valence-corrected chi connectivity index (χ1v) is 19.8. The molecule has 0 spiro atoms. The van der Waals surface area contributed by atoms with Crippen LogP contribution in [0.1, 0.15) is 67.2 Å². The first kappa shape index (κ1) is 37.1. The van der Waals surface area contributed by atoms with Crippen LogP contribution < -0.4 is 5.32 Å². The Morgan fingerprint density at radius 2 is 1.43 bits per heavy atom. The zero-order chi connectivity index (χ0) is 37.2. The summed E-state index contributed by atoms with van der Waals surface area (Å²) in [6.45, 7) is 17.6. The highest BCUT2D eigenvalue weighted by atomic mass is 16.2. The van der Waals surface area contributed by atoms with Gasteiger partial charge in [0.05, 0.1) is 5.92 Å². The van der Waals surface area contributed by atoms with Crippen molar-refractivity contribution in [2.45, 2.75) is 69.9 Å². The molecule has 2 aromatic carbocycles. The van der Waals surface area contributed by atoms with Crippen molar-refractivity contribution in [2.75, 3.05) is 59.9 Å². The Balaban J connectivity index is 0.000000184. The van der Waals surface area contributed by atoms with Crippen molar-refractivity contribution >= 4 is 33.7 Å². The summed E-state index contributed by atoms with van der Waals surface area (Å²) in [5.74, 6) is 1.44. The van der Waals surface area contributed by atoms with Gasteiger partial charge in [-0.25, -0.2) is 4.79 Å². The van der Waals surface area contributed by atoms with E-state index in [1.807, 2.05) is 27.1 Å². The summed E-state index contributed by atoms with van der Waals surface area (Å²) in [5.41, 5.74) is 8.22. The third-order valence-corrected chi connectivity index (χ3v) is 12.3. The molecule has 3 amide bonds. The van der Waals surface area contributed by atoms with Crippen LogP contribution in [0, 0.1) is 11.8 Å². The van der Waals surface area contributed by atoms with Gasteiger partial charge in [-0.05, 0) is 100.0 Å². The fourth-order valence-electron chi connectivity index (χ4n) is 10.1. The van der Waals surface area contributed by atoms with E-state index in [0.29, 0.717) is 37.6 Å². The molecule has 4 heterocycles. The summed E-state index contributed by atoms with van der Waals surface area (Å²) in [7, 11) is 4.02. The number of imide groups is 1. The summed E-state index contributed by atoms with van der Waals surface area (Å²) in [6, 6.07) is 13.9. The fraction of sp³-hybridized carbons (Fsp3) is 0.500. The maximum Gasteiger partial charge on any atom is 0.324 e. The van der Waals surface area contributed by atoms with Crippen molar-refractivity contribution in [3.8, 4) is 0 Å². The number of hydrogen-bond acceptors (Lipinski definition) is 5. The van der Waals surface area contributed by atoms with Gasteiger partial charge in [0.25, 0.3) is 0 Å². The van der Waals surface area contributed by atoms with Crippen molar-refractivity contribution in [3.05, 3.63) is 96.4 Å². The Morgan fingerprint density at radius 3 is 1.98 bits per heavy atom. The van der Waals surface area contributed by atoms with E-state index in [1.54, 1.807) is 5.56 Å². The number of urea groups is 1. The third-order valence-electron chi connectivity index (χ3n) is 12.3. The summed E-state index contributed by atoms with van der Waals surface area (Å²) < 4.78 is 0. The molecule has 3 N–H and O–H groups in total. The highest BCUT2D eigenvalue weighted by Crippen LogP contribution is 2.46. The number of rotatable bonds is 10. The lowest BCUT2D eigenvalue weighted by atomic mass is 9.72. The Bertz CT molecular complexity index is 1940. The van der Waals surface area contributed by atoms with Gasteiger partial charge in [0.15, 0.2) is 0 Å². The lowest BCUT2D eigenvalue weighted by Gasteiger charge is -2.47. The average molecular weight is 718 g/mol. The Hall–Kier alpha value is -4.18. The van der Waals surface area contributed by atoms with Crippen LogP contribution >= 0.6 is 0 Å². The number of aromatic nitrogens is 2. The molecule has 8 rings (SSSR count). The molecular formula is C44H59N7O2. The Morgan fingerprint density at radius 1 is 0.868 bits per heavy atom. The standard InChI is InChI=1S/C26H37N5O2.C18H22N2/c1-5-12-30-17-19(25(32)31(6-2)26(33)27-11-8-13-29(3)4)14-21-20-9-7-10-22-24(20)18(16-28-22)15-23(21)30;1-3-7-20-11-12(2)8-15-14-5-4-6-16-18(14)13(10-19-16)9-17(15)20/h5,7,9-10,16,19,21,23,28H,1,6,8,11-15,17H2,2-4H3,(H,27,33);3-6,10,12,15,17,19H,1,7-9,11H2,2H3/t19-,21-,23-;12-,15-,17-/m11/s1. The topological polar surface area (TPSA) is 90.7 Å². The molecule has 4 aliphatic rings. The van der Waals surface area contributed by atoms with Gasteiger partial charge in [-0.2, -0.15) is 0 Å². The van der Waals surface area contributed by atoms with Gasteiger partial charge in [-0.15, -0.1) is 13.2 Å². The van der Waals surface area contributed by atoms with Crippen LogP contribution in [-0.2, 0) is 17.6 Å². The van der Waals surface area contributed by atoms with E-state index in [1.165, 1.54) is 57.3 Å². The van der Waals surface area contributed by atoms with Crippen molar-refractivity contribution in [1.82, 2.24) is 34.9 Å². The van der Waals surface area contributed by atoms with Crippen molar-refractivity contribution < 1.29 is 9.59 Å². The van der Waals surface area contributed by atoms with Crippen LogP contribution in [0.2, 0.25) is 0 Å². The van der Waals surface area contributed by atoms with Gasteiger partial charge >= 0.3 is 6.03 Å². The molecular weight excluding hydrogens is 659 g/mol. The van der Waals surface area contributed by atoms with Crippen LogP contribution in [0.15, 0.2) is 74.1 Å². The highest BCUT2D eigenvalue weighted by Gasteiger charge is 2.44. The first-order valence-electron chi connectivity index (χ1n) is 19.8. The Kier molecular flexibility index (Phi) is 11.2. The lowest BCUT2D eigenvalue weighted by molar-refractivity contribution is -0.135. The molecule has 0 saturated carbocycles. The molecule has 4 aromatic rings. The number of amides is 3. The number of benzene rings is 2. The predicted molar refractivity (Wildman–Crippen MR) is 216 cm³/mol. The second kappa shape index (κ2) is 16.0. The van der Waals surface area contributed by atoms with Crippen LogP contribution in [0.5, 0.6) is 0 Å². The second-order valence-electron chi connectivity index (χ2n) is 16.2. The number of nitrogens with zero attached hydrogens (tertiary/aromatic N) is 4. The van der Waals surface area contributed by atoms with Gasteiger partial charge in [0, 0.05) is 97.4 Å². The van der Waals surface area contributed by atoms with E-state index in [0.717, 1.165) is 50.3 Å². The summed E-state index contributed by atoms with van der Waals surface area (Å²) in [4.78, 5) is 41.8. The molecule has 0 radical (unpaired) electrons. The van der Waals surface area contributed by atoms with Gasteiger partial charge in [-0.3, -0.25) is 19.5 Å². The SMILES string of the molecule is C=CCN1C[C@H](C(=O)N(CC)C(=O)NCCCN(C)C)C[C@@H]2c3cccc4[nH]cc(c34)C[C@H]21.C=CCN1C[C@H](C)C[C@@H]2c3cccc4[nH]cc(c34)C[C@H]21. The monoisotopic (exact) mass is 717 g/mol. The fourth-order valence-corrected chi connectivity index (χ4v) is 10.1. The van der Waals surface area contributed by atoms with E-state index >= 15 is 0 Å². The van der Waals surface area contributed by atoms with Crippen LogP contribution in [0.4, 0.5) is 4.79 Å². The number of piperidine rings is 2. The highest BCUT2D eigenvalue weighted by molar-refractivity contribution is 5.96. The minimum Gasteiger partial charge on any atom is -0.361 e. The van der Waals surface area contributed by atoms with Crippen molar-refractivity contribution in [3.63, 3.8) is 0 Å². The second-order valence-corrected chi connectivity index (χ2v) is 16.2. The van der Waals surface area contributed by atoms with Gasteiger partial charge < -0.3 is 20.2 Å². The maximum atomic E-state index is 13.6. The minimum absolute atomic E-state index is 0.0674. The zero-order valence-electron chi connectivity index (χ0n) is 32.2. The molecule has 2 aliphatic carbocycles. The molecule has 2 aromatic heterocycles. The molecule has 9 heteroatoms. The largest absolute Gasteiger partial charge is 0.361 e. The smallest absolute Gasteiger partial charge is 0.324 e. The number of H-pyrrole nitrogens is 2. The van der Waals surface area contributed by atoms with Gasteiger partial charge in [0.1, 0.15) is 0 Å². The number of aromatic amines is 2. The van der Waals surface area contributed by atoms with Gasteiger partial charge in [0.2, 0.25) is 5.91 Å². The molecule has 6 atom stereocenters. The number of likely N-dealkylation sites (tertiary alicyclic amines) is 2. The number of fused-ring (bicyclic) bond motifs is 4. The quantitative estimate of drug-likeness (QED) is 0.123. The summed E-state index contributed by atoms with van der Waals surface area (Å²) in [5, 5.41) is 5.75. The Labute approximate surface area is 315 Å². The summed E-state index contributed by atoms with van der Waals surface area (Å²) >= 11 is 0. The van der Waals surface area contributed by atoms with E-state index in [9.17, 15) is 9.59 Å². The normalized spacial score (nSPS) is 24.9. The number of hydrogen-bond donors (Lipinski definition) is 3. The minimum atomic E-state index is -0.280. The van der Waals surface area contributed by atoms with Crippen molar-refractivity contribution in [1.29, 1.82) is 0 Å². The first-order chi connectivity index (χ1) is 25.7. The predicted octanol–water partition coefficient (Wildman–Crippen LogP) is 6.90. The van der Waals surface area contributed by atoms with Crippen LogP contribution in [0.3, 0.4) is 0 Å². The zero-order valence-corrected chi connectivity index (χ0v) is 32.2. The number of nitrogens with one attached hydrogen (secondary N) is 3.